The van der Waals surface area contributed by atoms with Gasteiger partial charge in [-0.2, -0.15) is 0 Å². The first-order valence-corrected chi connectivity index (χ1v) is 8.74. The van der Waals surface area contributed by atoms with Gasteiger partial charge in [-0.25, -0.2) is 4.68 Å². The summed E-state index contributed by atoms with van der Waals surface area (Å²) >= 11 is 1.23. The van der Waals surface area contributed by atoms with Crippen LogP contribution in [-0.4, -0.2) is 33.1 Å². The molecule has 3 rings (SSSR count). The molecule has 26 heavy (non-hydrogen) atoms. The number of nitrogens with one attached hydrogen (secondary N) is 1. The number of hydrogen-bond donors (Lipinski definition) is 2. The standard InChI is InChI=1S/C17H19N5O3S/c1-10-14(8-9-25-10)15-20-21-17(22(15)18)26-11(2)16(23)19-12-4-6-13(24-3)7-5-12/h4-9,11H,18H2,1-3H3,(H,19,23). The van der Waals surface area contributed by atoms with Crippen molar-refractivity contribution in [2.75, 3.05) is 18.3 Å². The molecule has 2 heterocycles. The quantitative estimate of drug-likeness (QED) is 0.505. The second-order valence-electron chi connectivity index (χ2n) is 5.54. The maximum Gasteiger partial charge on any atom is 0.237 e. The van der Waals surface area contributed by atoms with Gasteiger partial charge in [0.05, 0.1) is 24.2 Å². The Balaban J connectivity index is 1.67. The van der Waals surface area contributed by atoms with Gasteiger partial charge < -0.3 is 20.3 Å². The molecule has 0 spiro atoms. The summed E-state index contributed by atoms with van der Waals surface area (Å²) in [5, 5.41) is 11.0. The molecule has 1 unspecified atom stereocenters. The third-order valence-electron chi connectivity index (χ3n) is 3.77. The van der Waals surface area contributed by atoms with Gasteiger partial charge in [0, 0.05) is 5.69 Å². The monoisotopic (exact) mass is 373 g/mol. The van der Waals surface area contributed by atoms with Gasteiger partial charge in [0.2, 0.25) is 11.1 Å². The number of carbonyl (C=O) groups is 1. The Bertz CT molecular complexity index is 904. The van der Waals surface area contributed by atoms with Crippen LogP contribution in [0, 0.1) is 6.92 Å². The second kappa shape index (κ2) is 7.52. The van der Waals surface area contributed by atoms with Gasteiger partial charge in [0.15, 0.2) is 5.82 Å². The number of carbonyl (C=O) groups excluding carboxylic acids is 1. The summed E-state index contributed by atoms with van der Waals surface area (Å²) in [6.07, 6.45) is 1.57. The van der Waals surface area contributed by atoms with Crippen molar-refractivity contribution in [1.82, 2.24) is 14.9 Å². The third-order valence-corrected chi connectivity index (χ3v) is 4.83. The molecule has 3 N–H and O–H groups in total. The van der Waals surface area contributed by atoms with E-state index in [1.807, 2.05) is 6.92 Å². The van der Waals surface area contributed by atoms with Crippen LogP contribution in [0.25, 0.3) is 11.4 Å². The number of ether oxygens (including phenoxy) is 1. The van der Waals surface area contributed by atoms with Crippen molar-refractivity contribution in [2.45, 2.75) is 24.3 Å². The maximum absolute atomic E-state index is 12.4. The predicted molar refractivity (Wildman–Crippen MR) is 99.6 cm³/mol. The number of amides is 1. The fraction of sp³-hybridized carbons (Fsp3) is 0.235. The highest BCUT2D eigenvalue weighted by molar-refractivity contribution is 8.00. The normalized spacial score (nSPS) is 12.0. The van der Waals surface area contributed by atoms with Gasteiger partial charge in [0.1, 0.15) is 11.5 Å². The number of nitrogens with zero attached hydrogens (tertiary/aromatic N) is 3. The van der Waals surface area contributed by atoms with Crippen molar-refractivity contribution < 1.29 is 13.9 Å². The number of hydrogen-bond acceptors (Lipinski definition) is 7. The third kappa shape index (κ3) is 3.67. The highest BCUT2D eigenvalue weighted by atomic mass is 32.2. The summed E-state index contributed by atoms with van der Waals surface area (Å²) in [6.45, 7) is 3.60. The number of rotatable bonds is 6. The molecule has 0 aliphatic heterocycles. The van der Waals surface area contributed by atoms with Crippen molar-refractivity contribution >= 4 is 23.4 Å². The Morgan fingerprint density at radius 3 is 2.65 bits per heavy atom. The van der Waals surface area contributed by atoms with Crippen LogP contribution in [-0.2, 0) is 4.79 Å². The first kappa shape index (κ1) is 17.9. The van der Waals surface area contributed by atoms with Gasteiger partial charge in [-0.05, 0) is 44.2 Å². The fourth-order valence-corrected chi connectivity index (χ4v) is 3.06. The van der Waals surface area contributed by atoms with Crippen LogP contribution in [0.3, 0.4) is 0 Å². The molecule has 0 bridgehead atoms. The van der Waals surface area contributed by atoms with E-state index in [4.69, 9.17) is 15.0 Å². The van der Waals surface area contributed by atoms with E-state index in [9.17, 15) is 4.79 Å². The summed E-state index contributed by atoms with van der Waals surface area (Å²) in [4.78, 5) is 12.4. The van der Waals surface area contributed by atoms with Crippen molar-refractivity contribution in [1.29, 1.82) is 0 Å². The minimum Gasteiger partial charge on any atom is -0.497 e. The molecule has 2 aromatic heterocycles. The summed E-state index contributed by atoms with van der Waals surface area (Å²) < 4.78 is 11.7. The molecule has 8 nitrogen and oxygen atoms in total. The molecular formula is C17H19N5O3S. The largest absolute Gasteiger partial charge is 0.497 e. The Labute approximate surface area is 154 Å². The topological polar surface area (TPSA) is 108 Å². The van der Waals surface area contributed by atoms with E-state index >= 15 is 0 Å². The number of nitrogens with two attached hydrogens (primary N) is 1. The van der Waals surface area contributed by atoms with Crippen LogP contribution in [0.1, 0.15) is 12.7 Å². The lowest BCUT2D eigenvalue weighted by molar-refractivity contribution is -0.115. The number of nitrogen functional groups attached to an aromatic ring is 1. The molecule has 0 saturated carbocycles. The Morgan fingerprint density at radius 2 is 2.04 bits per heavy atom. The molecule has 0 radical (unpaired) electrons. The molecule has 136 valence electrons. The van der Waals surface area contributed by atoms with Crippen LogP contribution < -0.4 is 15.9 Å². The predicted octanol–water partition coefficient (Wildman–Crippen LogP) is 2.69. The van der Waals surface area contributed by atoms with Crippen molar-refractivity contribution in [3.8, 4) is 17.1 Å². The summed E-state index contributed by atoms with van der Waals surface area (Å²) in [7, 11) is 1.59. The van der Waals surface area contributed by atoms with Crippen LogP contribution >= 0.6 is 11.8 Å². The van der Waals surface area contributed by atoms with E-state index in [0.717, 1.165) is 11.3 Å². The zero-order valence-electron chi connectivity index (χ0n) is 14.6. The number of anilines is 1. The Hall–Kier alpha value is -2.94. The number of benzene rings is 1. The van der Waals surface area contributed by atoms with E-state index < -0.39 is 5.25 Å². The number of thioether (sulfide) groups is 1. The molecule has 0 fully saturated rings. The Morgan fingerprint density at radius 1 is 1.31 bits per heavy atom. The molecule has 1 aromatic carbocycles. The van der Waals surface area contributed by atoms with Crippen LogP contribution in [0.15, 0.2) is 46.2 Å². The highest BCUT2D eigenvalue weighted by Crippen LogP contribution is 2.27. The minimum absolute atomic E-state index is 0.163. The van der Waals surface area contributed by atoms with Crippen molar-refractivity contribution in [3.63, 3.8) is 0 Å². The summed E-state index contributed by atoms with van der Waals surface area (Å²) in [5.74, 6) is 7.83. The maximum atomic E-state index is 12.4. The minimum atomic E-state index is -0.415. The molecule has 9 heteroatoms. The van der Waals surface area contributed by atoms with E-state index in [-0.39, 0.29) is 5.91 Å². The van der Waals surface area contributed by atoms with Crippen molar-refractivity contribution in [2.24, 2.45) is 0 Å². The van der Waals surface area contributed by atoms with Gasteiger partial charge in [0.25, 0.3) is 0 Å². The lowest BCUT2D eigenvalue weighted by Gasteiger charge is -2.12. The van der Waals surface area contributed by atoms with Gasteiger partial charge in [-0.3, -0.25) is 4.79 Å². The SMILES string of the molecule is COc1ccc(NC(=O)C(C)Sc2nnc(-c3ccoc3C)n2N)cc1. The first-order chi connectivity index (χ1) is 12.5. The fourth-order valence-electron chi connectivity index (χ4n) is 2.29. The molecular weight excluding hydrogens is 354 g/mol. The van der Waals surface area contributed by atoms with Crippen LogP contribution in [0.5, 0.6) is 5.75 Å². The smallest absolute Gasteiger partial charge is 0.237 e. The molecule has 1 atom stereocenters. The van der Waals surface area contributed by atoms with Crippen LogP contribution in [0.4, 0.5) is 5.69 Å². The zero-order valence-corrected chi connectivity index (χ0v) is 15.4. The summed E-state index contributed by atoms with van der Waals surface area (Å²) in [5.41, 5.74) is 1.45. The average Bonchev–Trinajstić information content (AvgIpc) is 3.21. The van der Waals surface area contributed by atoms with E-state index in [0.29, 0.717) is 22.4 Å². The molecule has 0 aliphatic rings. The van der Waals surface area contributed by atoms with Crippen molar-refractivity contribution in [3.05, 3.63) is 42.4 Å². The average molecular weight is 373 g/mol. The second-order valence-corrected chi connectivity index (χ2v) is 6.85. The molecule has 3 aromatic rings. The van der Waals surface area contributed by atoms with Gasteiger partial charge in [-0.1, -0.05) is 11.8 Å². The number of furan rings is 1. The number of aromatic nitrogens is 3. The van der Waals surface area contributed by atoms with Gasteiger partial charge >= 0.3 is 0 Å². The molecule has 0 saturated heterocycles. The molecule has 0 aliphatic carbocycles. The Kier molecular flexibility index (Phi) is 5.17. The zero-order chi connectivity index (χ0) is 18.7. The number of aryl methyl sites for hydroxylation is 1. The van der Waals surface area contributed by atoms with E-state index in [2.05, 4.69) is 15.5 Å². The first-order valence-electron chi connectivity index (χ1n) is 7.86. The van der Waals surface area contributed by atoms with E-state index in [1.54, 1.807) is 50.6 Å². The van der Waals surface area contributed by atoms with E-state index in [1.165, 1.54) is 16.4 Å². The lowest BCUT2D eigenvalue weighted by Crippen LogP contribution is -2.23. The van der Waals surface area contributed by atoms with Crippen LogP contribution in [0.2, 0.25) is 0 Å². The molecule has 1 amide bonds. The van der Waals surface area contributed by atoms with Gasteiger partial charge in [-0.15, -0.1) is 10.2 Å². The summed E-state index contributed by atoms with van der Waals surface area (Å²) in [6, 6.07) is 8.89. The lowest BCUT2D eigenvalue weighted by atomic mass is 10.2. The highest BCUT2D eigenvalue weighted by Gasteiger charge is 2.21. The number of methoxy groups -OCH3 is 1.